The van der Waals surface area contributed by atoms with Gasteiger partial charge in [0.1, 0.15) is 5.69 Å². The van der Waals surface area contributed by atoms with Gasteiger partial charge in [-0.05, 0) is 28.5 Å². The van der Waals surface area contributed by atoms with Gasteiger partial charge in [0, 0.05) is 6.20 Å². The maximum Gasteiger partial charge on any atom is 0.328 e. The minimum absolute atomic E-state index is 0.0801. The highest BCUT2D eigenvalue weighted by Gasteiger charge is 2.29. The van der Waals surface area contributed by atoms with Gasteiger partial charge in [-0.25, -0.2) is 9.48 Å². The van der Waals surface area contributed by atoms with Crippen molar-refractivity contribution < 1.29 is 9.90 Å². The molecule has 2 unspecified atom stereocenters. The molecule has 0 aliphatic rings. The van der Waals surface area contributed by atoms with Gasteiger partial charge in [-0.15, -0.1) is 5.10 Å². The summed E-state index contributed by atoms with van der Waals surface area (Å²) in [7, 11) is 0. The molecule has 0 saturated heterocycles. The predicted molar refractivity (Wildman–Crippen MR) is 67.2 cm³/mol. The fraction of sp³-hybridized carbons (Fsp3) is 0.417. The summed E-state index contributed by atoms with van der Waals surface area (Å²) in [5, 5.41) is 20.7. The van der Waals surface area contributed by atoms with Crippen molar-refractivity contribution in [3.8, 4) is 11.5 Å². The highest BCUT2D eigenvalue weighted by molar-refractivity contribution is 5.73. The van der Waals surface area contributed by atoms with Gasteiger partial charge in [-0.3, -0.25) is 4.98 Å². The van der Waals surface area contributed by atoms with Gasteiger partial charge in [-0.1, -0.05) is 26.3 Å². The van der Waals surface area contributed by atoms with Crippen molar-refractivity contribution in [2.45, 2.75) is 26.3 Å². The third kappa shape index (κ3) is 2.59. The molecule has 2 heterocycles. The predicted octanol–water partition coefficient (Wildman–Crippen LogP) is 1.41. The average molecular weight is 261 g/mol. The molecule has 100 valence electrons. The number of carboxylic acids is 1. The number of carboxylic acid groups (broad SMARTS) is 1. The second-order valence-corrected chi connectivity index (χ2v) is 4.33. The summed E-state index contributed by atoms with van der Waals surface area (Å²) in [5.41, 5.74) is 0.557. The van der Waals surface area contributed by atoms with Crippen LogP contribution >= 0.6 is 0 Å². The van der Waals surface area contributed by atoms with Crippen LogP contribution in [0, 0.1) is 5.92 Å². The minimum atomic E-state index is -0.946. The number of aromatic nitrogens is 5. The molecule has 0 radical (unpaired) electrons. The molecule has 0 saturated carbocycles. The Labute approximate surface area is 110 Å². The van der Waals surface area contributed by atoms with Gasteiger partial charge < -0.3 is 5.11 Å². The largest absolute Gasteiger partial charge is 0.480 e. The molecule has 0 aliphatic heterocycles. The lowest BCUT2D eigenvalue weighted by Gasteiger charge is -2.19. The lowest BCUT2D eigenvalue weighted by molar-refractivity contribution is -0.142. The Hall–Kier alpha value is -2.31. The Kier molecular flexibility index (Phi) is 3.84. The zero-order chi connectivity index (χ0) is 13.8. The molecule has 0 aliphatic carbocycles. The maximum absolute atomic E-state index is 11.4. The van der Waals surface area contributed by atoms with E-state index in [4.69, 9.17) is 0 Å². The third-order valence-electron chi connectivity index (χ3n) is 3.09. The van der Waals surface area contributed by atoms with E-state index in [-0.39, 0.29) is 5.92 Å². The lowest BCUT2D eigenvalue weighted by atomic mass is 9.99. The number of pyridine rings is 1. The van der Waals surface area contributed by atoms with Crippen LogP contribution in [0.25, 0.3) is 11.5 Å². The van der Waals surface area contributed by atoms with E-state index in [1.54, 1.807) is 24.4 Å². The van der Waals surface area contributed by atoms with Crippen molar-refractivity contribution in [1.29, 1.82) is 0 Å². The van der Waals surface area contributed by atoms with Crippen LogP contribution in [0.5, 0.6) is 0 Å². The fourth-order valence-electron chi connectivity index (χ4n) is 1.86. The van der Waals surface area contributed by atoms with Gasteiger partial charge in [0.05, 0.1) is 0 Å². The van der Waals surface area contributed by atoms with Crippen molar-refractivity contribution in [2.75, 3.05) is 0 Å². The number of hydrogen-bond acceptors (Lipinski definition) is 5. The zero-order valence-electron chi connectivity index (χ0n) is 10.8. The summed E-state index contributed by atoms with van der Waals surface area (Å²) in [6.45, 7) is 3.80. The van der Waals surface area contributed by atoms with Gasteiger partial charge in [0.2, 0.25) is 5.82 Å². The second-order valence-electron chi connectivity index (χ2n) is 4.33. The molecule has 0 aromatic carbocycles. The van der Waals surface area contributed by atoms with E-state index in [0.717, 1.165) is 6.42 Å². The van der Waals surface area contributed by atoms with Crippen molar-refractivity contribution in [2.24, 2.45) is 5.92 Å². The zero-order valence-corrected chi connectivity index (χ0v) is 10.8. The Morgan fingerprint density at radius 2 is 2.26 bits per heavy atom. The first-order chi connectivity index (χ1) is 9.15. The molecule has 1 N–H and O–H groups in total. The molecule has 0 spiro atoms. The van der Waals surface area contributed by atoms with E-state index in [0.29, 0.717) is 11.5 Å². The molecular formula is C12H15N5O2. The van der Waals surface area contributed by atoms with Crippen LogP contribution in [0.2, 0.25) is 0 Å². The molecule has 7 nitrogen and oxygen atoms in total. The molecular weight excluding hydrogens is 246 g/mol. The number of aliphatic carboxylic acids is 1. The van der Waals surface area contributed by atoms with E-state index in [1.807, 2.05) is 13.8 Å². The molecule has 2 aromatic rings. The molecule has 19 heavy (non-hydrogen) atoms. The van der Waals surface area contributed by atoms with E-state index in [1.165, 1.54) is 4.68 Å². The van der Waals surface area contributed by atoms with Gasteiger partial charge in [0.25, 0.3) is 0 Å². The Balaban J connectivity index is 2.46. The number of tetrazole rings is 1. The van der Waals surface area contributed by atoms with Crippen LogP contribution in [0.3, 0.4) is 0 Å². The normalized spacial score (nSPS) is 14.0. The number of rotatable bonds is 5. The highest BCUT2D eigenvalue weighted by atomic mass is 16.4. The Morgan fingerprint density at radius 1 is 1.47 bits per heavy atom. The van der Waals surface area contributed by atoms with Crippen molar-refractivity contribution in [3.63, 3.8) is 0 Å². The molecule has 0 fully saturated rings. The van der Waals surface area contributed by atoms with Gasteiger partial charge in [-0.2, -0.15) is 0 Å². The van der Waals surface area contributed by atoms with E-state index < -0.39 is 12.0 Å². The third-order valence-corrected chi connectivity index (χ3v) is 3.09. The standard InChI is InChI=1S/C12H15N5O2/c1-3-8(2)10(12(18)19)17-11(14-15-16-17)9-6-4-5-7-13-9/h4-8,10H,3H2,1-2H3,(H,18,19). The fourth-order valence-corrected chi connectivity index (χ4v) is 1.86. The van der Waals surface area contributed by atoms with E-state index >= 15 is 0 Å². The lowest BCUT2D eigenvalue weighted by Crippen LogP contribution is -2.27. The van der Waals surface area contributed by atoms with Crippen LogP contribution < -0.4 is 0 Å². The van der Waals surface area contributed by atoms with Crippen molar-refractivity contribution in [1.82, 2.24) is 25.2 Å². The van der Waals surface area contributed by atoms with Crippen LogP contribution in [0.4, 0.5) is 0 Å². The van der Waals surface area contributed by atoms with Gasteiger partial charge in [0.15, 0.2) is 6.04 Å². The van der Waals surface area contributed by atoms with Crippen LogP contribution in [0.15, 0.2) is 24.4 Å². The average Bonchev–Trinajstić information content (AvgIpc) is 2.88. The Bertz CT molecular complexity index is 554. The summed E-state index contributed by atoms with van der Waals surface area (Å²) in [5.74, 6) is -0.657. The monoisotopic (exact) mass is 261 g/mol. The summed E-state index contributed by atoms with van der Waals surface area (Å²) < 4.78 is 1.33. The van der Waals surface area contributed by atoms with Crippen molar-refractivity contribution in [3.05, 3.63) is 24.4 Å². The van der Waals surface area contributed by atoms with Crippen LogP contribution in [-0.4, -0.2) is 36.3 Å². The first-order valence-electron chi connectivity index (χ1n) is 6.07. The smallest absolute Gasteiger partial charge is 0.328 e. The molecule has 7 heteroatoms. The first-order valence-corrected chi connectivity index (χ1v) is 6.07. The molecule has 0 bridgehead atoms. The van der Waals surface area contributed by atoms with Crippen LogP contribution in [-0.2, 0) is 4.79 Å². The number of carbonyl (C=O) groups is 1. The van der Waals surface area contributed by atoms with E-state index in [9.17, 15) is 9.90 Å². The summed E-state index contributed by atoms with van der Waals surface area (Å²) in [4.78, 5) is 15.6. The molecule has 0 amide bonds. The minimum Gasteiger partial charge on any atom is -0.480 e. The quantitative estimate of drug-likeness (QED) is 0.874. The number of nitrogens with zero attached hydrogens (tertiary/aromatic N) is 5. The molecule has 2 aromatic heterocycles. The first kappa shape index (κ1) is 13.1. The molecule has 2 atom stereocenters. The molecule has 2 rings (SSSR count). The van der Waals surface area contributed by atoms with Gasteiger partial charge >= 0.3 is 5.97 Å². The second kappa shape index (κ2) is 5.55. The van der Waals surface area contributed by atoms with E-state index in [2.05, 4.69) is 20.5 Å². The SMILES string of the molecule is CCC(C)C(C(=O)O)n1nnnc1-c1ccccn1. The Morgan fingerprint density at radius 3 is 2.84 bits per heavy atom. The maximum atomic E-state index is 11.4. The highest BCUT2D eigenvalue weighted by Crippen LogP contribution is 2.24. The topological polar surface area (TPSA) is 93.8 Å². The summed E-state index contributed by atoms with van der Waals surface area (Å²) in [6.07, 6.45) is 2.34. The van der Waals surface area contributed by atoms with Crippen LogP contribution in [0.1, 0.15) is 26.3 Å². The summed E-state index contributed by atoms with van der Waals surface area (Å²) in [6, 6.07) is 4.54. The summed E-state index contributed by atoms with van der Waals surface area (Å²) >= 11 is 0. The number of hydrogen-bond donors (Lipinski definition) is 1. The van der Waals surface area contributed by atoms with Crippen molar-refractivity contribution >= 4 is 5.97 Å².